The van der Waals surface area contributed by atoms with Crippen LogP contribution in [0.4, 0.5) is 0 Å². The predicted octanol–water partition coefficient (Wildman–Crippen LogP) is 1.32. The highest BCUT2D eigenvalue weighted by Crippen LogP contribution is 2.27. The molecule has 0 aromatic carbocycles. The zero-order chi connectivity index (χ0) is 14.6. The molecule has 0 spiro atoms. The monoisotopic (exact) mass is 301 g/mol. The van der Waals surface area contributed by atoms with Crippen LogP contribution >= 0.6 is 0 Å². The number of hydrogen-bond acceptors (Lipinski definition) is 6. The Hall–Kier alpha value is -0.950. The second-order valence-electron chi connectivity index (χ2n) is 5.59. The molecule has 7 heteroatoms. The third-order valence-corrected chi connectivity index (χ3v) is 4.50. The molecule has 1 aromatic heterocycles. The number of aromatic nitrogens is 2. The fourth-order valence-corrected chi connectivity index (χ4v) is 3.46. The first-order valence-electron chi connectivity index (χ1n) is 7.20. The van der Waals surface area contributed by atoms with Crippen molar-refractivity contribution in [3.05, 3.63) is 11.7 Å². The fourth-order valence-electron chi connectivity index (χ4n) is 2.87. The lowest BCUT2D eigenvalue weighted by molar-refractivity contribution is 0.242. The van der Waals surface area contributed by atoms with Crippen LogP contribution < -0.4 is 5.32 Å². The van der Waals surface area contributed by atoms with Crippen molar-refractivity contribution in [3.8, 4) is 0 Å². The third kappa shape index (κ3) is 4.56. The van der Waals surface area contributed by atoms with Crippen LogP contribution in [-0.2, 0) is 22.0 Å². The van der Waals surface area contributed by atoms with Gasteiger partial charge in [0.1, 0.15) is 5.75 Å². The Morgan fingerprint density at radius 2 is 2.10 bits per heavy atom. The molecule has 0 radical (unpaired) electrons. The van der Waals surface area contributed by atoms with E-state index in [9.17, 15) is 8.42 Å². The summed E-state index contributed by atoms with van der Waals surface area (Å²) in [6.07, 6.45) is 6.73. The van der Waals surface area contributed by atoms with E-state index in [-0.39, 0.29) is 11.6 Å². The maximum absolute atomic E-state index is 11.2. The smallest absolute Gasteiger partial charge is 0.227 e. The van der Waals surface area contributed by atoms with Gasteiger partial charge in [-0.15, -0.1) is 0 Å². The lowest BCUT2D eigenvalue weighted by atomic mass is 9.82. The maximum Gasteiger partial charge on any atom is 0.227 e. The topological polar surface area (TPSA) is 85.1 Å². The molecule has 1 N–H and O–H groups in total. The summed E-state index contributed by atoms with van der Waals surface area (Å²) in [5.41, 5.74) is 0. The first-order valence-corrected chi connectivity index (χ1v) is 9.26. The molecule has 20 heavy (non-hydrogen) atoms. The molecule has 1 saturated carbocycles. The van der Waals surface area contributed by atoms with E-state index in [4.69, 9.17) is 4.52 Å². The average molecular weight is 301 g/mol. The molecule has 2 unspecified atom stereocenters. The highest BCUT2D eigenvalue weighted by Gasteiger charge is 2.26. The summed E-state index contributed by atoms with van der Waals surface area (Å²) in [5, 5.41) is 7.27. The van der Waals surface area contributed by atoms with Crippen LogP contribution in [-0.4, -0.2) is 37.4 Å². The van der Waals surface area contributed by atoms with Gasteiger partial charge >= 0.3 is 0 Å². The molecule has 1 fully saturated rings. The minimum absolute atomic E-state index is 0.155. The largest absolute Gasteiger partial charge is 0.339 e. The Labute approximate surface area is 120 Å². The Kier molecular flexibility index (Phi) is 5.15. The zero-order valence-electron chi connectivity index (χ0n) is 12.1. The summed E-state index contributed by atoms with van der Waals surface area (Å²) in [5.74, 6) is 1.16. The van der Waals surface area contributed by atoms with Gasteiger partial charge in [0.2, 0.25) is 5.89 Å². The molecular formula is C13H23N3O3S. The first-order chi connectivity index (χ1) is 9.48. The Morgan fingerprint density at radius 3 is 2.80 bits per heavy atom. The molecule has 114 valence electrons. The average Bonchev–Trinajstić information content (AvgIpc) is 2.77. The van der Waals surface area contributed by atoms with Crippen molar-refractivity contribution < 1.29 is 12.9 Å². The van der Waals surface area contributed by atoms with Crippen LogP contribution in [0.2, 0.25) is 0 Å². The van der Waals surface area contributed by atoms with Crippen LogP contribution in [0, 0.1) is 5.92 Å². The van der Waals surface area contributed by atoms with Gasteiger partial charge in [-0.3, -0.25) is 0 Å². The molecule has 6 nitrogen and oxygen atoms in total. The first kappa shape index (κ1) is 15.4. The Bertz CT molecular complexity index is 525. The lowest BCUT2D eigenvalue weighted by Crippen LogP contribution is -2.39. The minimum Gasteiger partial charge on any atom is -0.339 e. The van der Waals surface area contributed by atoms with E-state index in [1.807, 2.05) is 0 Å². The van der Waals surface area contributed by atoms with Crippen LogP contribution in [0.1, 0.15) is 44.3 Å². The molecule has 2 rings (SSSR count). The maximum atomic E-state index is 11.2. The molecule has 0 saturated heterocycles. The van der Waals surface area contributed by atoms with Gasteiger partial charge in [-0.05, 0) is 25.3 Å². The summed E-state index contributed by atoms with van der Waals surface area (Å²) < 4.78 is 27.6. The van der Waals surface area contributed by atoms with Gasteiger partial charge in [-0.2, -0.15) is 4.98 Å². The van der Waals surface area contributed by atoms with Crippen molar-refractivity contribution in [1.82, 2.24) is 15.5 Å². The van der Waals surface area contributed by atoms with Crippen LogP contribution in [0.5, 0.6) is 0 Å². The second-order valence-corrected chi connectivity index (χ2v) is 7.73. The molecule has 1 heterocycles. The Morgan fingerprint density at radius 1 is 1.35 bits per heavy atom. The van der Waals surface area contributed by atoms with Crippen LogP contribution in [0.3, 0.4) is 0 Å². The van der Waals surface area contributed by atoms with E-state index in [1.165, 1.54) is 25.5 Å². The van der Waals surface area contributed by atoms with Gasteiger partial charge in [0, 0.05) is 18.7 Å². The predicted molar refractivity (Wildman–Crippen MR) is 76.0 cm³/mol. The van der Waals surface area contributed by atoms with Gasteiger partial charge in [0.05, 0.1) is 0 Å². The SMILES string of the molecule is CCNC1CCCCC1Cc1nc(CS(C)(=O)=O)no1. The molecule has 1 aliphatic rings. The molecule has 0 amide bonds. The summed E-state index contributed by atoms with van der Waals surface area (Å²) >= 11 is 0. The van der Waals surface area contributed by atoms with Crippen molar-refractivity contribution in [3.63, 3.8) is 0 Å². The van der Waals surface area contributed by atoms with Gasteiger partial charge in [-0.1, -0.05) is 24.9 Å². The molecule has 2 atom stereocenters. The van der Waals surface area contributed by atoms with E-state index in [0.717, 1.165) is 19.4 Å². The summed E-state index contributed by atoms with van der Waals surface area (Å²) in [7, 11) is -3.11. The molecule has 1 aromatic rings. The van der Waals surface area contributed by atoms with E-state index in [2.05, 4.69) is 22.4 Å². The summed E-state index contributed by atoms with van der Waals surface area (Å²) in [6.45, 7) is 3.08. The molecular weight excluding hydrogens is 278 g/mol. The van der Waals surface area contributed by atoms with Gasteiger partial charge < -0.3 is 9.84 Å². The van der Waals surface area contributed by atoms with Crippen molar-refractivity contribution >= 4 is 9.84 Å². The quantitative estimate of drug-likeness (QED) is 0.853. The summed E-state index contributed by atoms with van der Waals surface area (Å²) in [6, 6.07) is 0.499. The standard InChI is InChI=1S/C13H23N3O3S/c1-3-14-11-7-5-4-6-10(11)8-13-15-12(16-19-13)9-20(2,17)18/h10-11,14H,3-9H2,1-2H3. The number of nitrogens with zero attached hydrogens (tertiary/aromatic N) is 2. The molecule has 1 aliphatic carbocycles. The van der Waals surface area contributed by atoms with Gasteiger partial charge in [0.15, 0.2) is 15.7 Å². The zero-order valence-corrected chi connectivity index (χ0v) is 12.9. The normalized spacial score (nSPS) is 23.9. The number of rotatable bonds is 6. The fraction of sp³-hybridized carbons (Fsp3) is 0.846. The number of nitrogens with one attached hydrogen (secondary N) is 1. The highest BCUT2D eigenvalue weighted by molar-refractivity contribution is 7.89. The van der Waals surface area contributed by atoms with Crippen molar-refractivity contribution in [2.75, 3.05) is 12.8 Å². The number of sulfone groups is 1. The minimum atomic E-state index is -3.11. The van der Waals surface area contributed by atoms with E-state index < -0.39 is 9.84 Å². The van der Waals surface area contributed by atoms with Crippen molar-refractivity contribution in [2.24, 2.45) is 5.92 Å². The van der Waals surface area contributed by atoms with Crippen molar-refractivity contribution in [1.29, 1.82) is 0 Å². The van der Waals surface area contributed by atoms with E-state index in [0.29, 0.717) is 17.9 Å². The summed E-state index contributed by atoms with van der Waals surface area (Å²) in [4.78, 5) is 4.20. The third-order valence-electron chi connectivity index (χ3n) is 3.71. The van der Waals surface area contributed by atoms with Gasteiger partial charge in [0.25, 0.3) is 0 Å². The van der Waals surface area contributed by atoms with Crippen LogP contribution in [0.15, 0.2) is 4.52 Å². The second kappa shape index (κ2) is 6.67. The Balaban J connectivity index is 1.98. The molecule has 0 bridgehead atoms. The highest BCUT2D eigenvalue weighted by atomic mass is 32.2. The number of hydrogen-bond donors (Lipinski definition) is 1. The lowest BCUT2D eigenvalue weighted by Gasteiger charge is -2.31. The molecule has 0 aliphatic heterocycles. The van der Waals surface area contributed by atoms with E-state index >= 15 is 0 Å². The van der Waals surface area contributed by atoms with Crippen molar-refractivity contribution in [2.45, 2.75) is 50.8 Å². The van der Waals surface area contributed by atoms with E-state index in [1.54, 1.807) is 0 Å². The van der Waals surface area contributed by atoms with Gasteiger partial charge in [-0.25, -0.2) is 8.42 Å². The van der Waals surface area contributed by atoms with Crippen LogP contribution in [0.25, 0.3) is 0 Å².